The van der Waals surface area contributed by atoms with Gasteiger partial charge in [0.05, 0.1) is 0 Å². The number of nitrogens with zero attached hydrogens (tertiary/aromatic N) is 2. The standard InChI is InChI=1S/C15H30N2O/c1-2-3-4-8-16-9-5-6-15(12-16)17-10-7-14(11-17)13-18/h14-15,18H,2-13H2,1H3. The van der Waals surface area contributed by atoms with Gasteiger partial charge in [-0.3, -0.25) is 4.90 Å². The Hall–Kier alpha value is -0.120. The zero-order valence-electron chi connectivity index (χ0n) is 12.0. The van der Waals surface area contributed by atoms with Gasteiger partial charge in [-0.05, 0) is 51.2 Å². The summed E-state index contributed by atoms with van der Waals surface area (Å²) < 4.78 is 0. The van der Waals surface area contributed by atoms with E-state index in [-0.39, 0.29) is 0 Å². The van der Waals surface area contributed by atoms with Crippen molar-refractivity contribution in [3.8, 4) is 0 Å². The third-order valence-electron chi connectivity index (χ3n) is 4.65. The van der Waals surface area contributed by atoms with Gasteiger partial charge < -0.3 is 10.0 Å². The molecule has 2 fully saturated rings. The van der Waals surface area contributed by atoms with Crippen LogP contribution in [0.25, 0.3) is 0 Å². The third kappa shape index (κ3) is 3.94. The van der Waals surface area contributed by atoms with Gasteiger partial charge >= 0.3 is 0 Å². The Kier molecular flexibility index (Phi) is 5.93. The molecule has 2 aliphatic rings. The lowest BCUT2D eigenvalue weighted by atomic mass is 10.0. The highest BCUT2D eigenvalue weighted by atomic mass is 16.3. The Morgan fingerprint density at radius 2 is 2.00 bits per heavy atom. The number of piperidine rings is 1. The van der Waals surface area contributed by atoms with Crippen molar-refractivity contribution in [2.24, 2.45) is 5.92 Å². The first kappa shape index (κ1) is 14.3. The third-order valence-corrected chi connectivity index (χ3v) is 4.65. The summed E-state index contributed by atoms with van der Waals surface area (Å²) in [6, 6.07) is 0.761. The van der Waals surface area contributed by atoms with Crippen LogP contribution in [0.4, 0.5) is 0 Å². The van der Waals surface area contributed by atoms with Gasteiger partial charge in [0.15, 0.2) is 0 Å². The second-order valence-electron chi connectivity index (χ2n) is 6.14. The number of rotatable bonds is 6. The molecule has 3 nitrogen and oxygen atoms in total. The van der Waals surface area contributed by atoms with Gasteiger partial charge in [0, 0.05) is 25.7 Å². The molecule has 2 saturated heterocycles. The molecule has 0 aromatic heterocycles. The molecule has 106 valence electrons. The molecule has 2 unspecified atom stereocenters. The maximum Gasteiger partial charge on any atom is 0.0471 e. The molecule has 0 saturated carbocycles. The second-order valence-corrected chi connectivity index (χ2v) is 6.14. The number of aliphatic hydroxyl groups is 1. The summed E-state index contributed by atoms with van der Waals surface area (Å²) >= 11 is 0. The maximum absolute atomic E-state index is 9.24. The average molecular weight is 254 g/mol. The number of likely N-dealkylation sites (tertiary alicyclic amines) is 2. The quantitative estimate of drug-likeness (QED) is 0.734. The average Bonchev–Trinajstić information content (AvgIpc) is 2.88. The molecule has 18 heavy (non-hydrogen) atoms. The summed E-state index contributed by atoms with van der Waals surface area (Å²) in [5, 5.41) is 9.24. The van der Waals surface area contributed by atoms with E-state index in [1.165, 1.54) is 64.7 Å². The van der Waals surface area contributed by atoms with Crippen LogP contribution in [0.5, 0.6) is 0 Å². The Morgan fingerprint density at radius 1 is 1.11 bits per heavy atom. The molecule has 0 spiro atoms. The normalized spacial score (nSPS) is 31.0. The number of hydrogen-bond donors (Lipinski definition) is 1. The summed E-state index contributed by atoms with van der Waals surface area (Å²) in [6.45, 7) is 8.85. The van der Waals surface area contributed by atoms with Crippen molar-refractivity contribution in [1.82, 2.24) is 9.80 Å². The van der Waals surface area contributed by atoms with Crippen molar-refractivity contribution in [2.75, 3.05) is 39.3 Å². The van der Waals surface area contributed by atoms with E-state index in [0.717, 1.165) is 12.6 Å². The Balaban J connectivity index is 1.73. The van der Waals surface area contributed by atoms with Crippen molar-refractivity contribution in [2.45, 2.75) is 51.5 Å². The molecule has 2 heterocycles. The molecule has 0 aromatic rings. The Bertz CT molecular complexity index is 235. The smallest absolute Gasteiger partial charge is 0.0471 e. The van der Waals surface area contributed by atoms with E-state index in [9.17, 15) is 5.11 Å². The van der Waals surface area contributed by atoms with Gasteiger partial charge in [0.2, 0.25) is 0 Å². The lowest BCUT2D eigenvalue weighted by Crippen LogP contribution is -2.47. The number of unbranched alkanes of at least 4 members (excludes halogenated alkanes) is 2. The van der Waals surface area contributed by atoms with Crippen LogP contribution in [0.15, 0.2) is 0 Å². The van der Waals surface area contributed by atoms with Gasteiger partial charge in [0.25, 0.3) is 0 Å². The molecule has 2 atom stereocenters. The van der Waals surface area contributed by atoms with E-state index < -0.39 is 0 Å². The van der Waals surface area contributed by atoms with Crippen LogP contribution in [0.3, 0.4) is 0 Å². The molecule has 1 N–H and O–H groups in total. The van der Waals surface area contributed by atoms with Crippen LogP contribution < -0.4 is 0 Å². The van der Waals surface area contributed by atoms with E-state index in [1.54, 1.807) is 0 Å². The van der Waals surface area contributed by atoms with Crippen molar-refractivity contribution in [3.63, 3.8) is 0 Å². The monoisotopic (exact) mass is 254 g/mol. The van der Waals surface area contributed by atoms with E-state index in [1.807, 2.05) is 0 Å². The van der Waals surface area contributed by atoms with Gasteiger partial charge in [-0.25, -0.2) is 0 Å². The summed E-state index contributed by atoms with van der Waals surface area (Å²) in [7, 11) is 0. The van der Waals surface area contributed by atoms with Crippen molar-refractivity contribution < 1.29 is 5.11 Å². The molecule has 0 bridgehead atoms. The summed E-state index contributed by atoms with van der Waals surface area (Å²) in [4.78, 5) is 5.29. The zero-order valence-corrected chi connectivity index (χ0v) is 12.0. The fourth-order valence-electron chi connectivity index (χ4n) is 3.46. The van der Waals surface area contributed by atoms with Crippen LogP contribution in [-0.2, 0) is 0 Å². The molecule has 0 radical (unpaired) electrons. The fraction of sp³-hybridized carbons (Fsp3) is 1.00. The van der Waals surface area contributed by atoms with E-state index >= 15 is 0 Å². The minimum Gasteiger partial charge on any atom is -0.396 e. The van der Waals surface area contributed by atoms with Crippen molar-refractivity contribution in [1.29, 1.82) is 0 Å². The first-order valence-corrected chi connectivity index (χ1v) is 7.90. The molecular weight excluding hydrogens is 224 g/mol. The largest absolute Gasteiger partial charge is 0.396 e. The lowest BCUT2D eigenvalue weighted by molar-refractivity contribution is 0.107. The van der Waals surface area contributed by atoms with Crippen LogP contribution in [-0.4, -0.2) is 60.3 Å². The lowest BCUT2D eigenvalue weighted by Gasteiger charge is -2.37. The van der Waals surface area contributed by atoms with E-state index in [2.05, 4.69) is 16.7 Å². The minimum atomic E-state index is 0.378. The minimum absolute atomic E-state index is 0.378. The Labute approximate surface area is 112 Å². The van der Waals surface area contributed by atoms with Crippen molar-refractivity contribution in [3.05, 3.63) is 0 Å². The molecule has 0 aromatic carbocycles. The van der Waals surface area contributed by atoms with Gasteiger partial charge in [-0.15, -0.1) is 0 Å². The molecule has 0 aliphatic carbocycles. The highest BCUT2D eigenvalue weighted by molar-refractivity contribution is 4.85. The predicted octanol–water partition coefficient (Wildman–Crippen LogP) is 1.96. The number of hydrogen-bond acceptors (Lipinski definition) is 3. The van der Waals surface area contributed by atoms with Gasteiger partial charge in [-0.1, -0.05) is 19.8 Å². The van der Waals surface area contributed by atoms with Gasteiger partial charge in [0.1, 0.15) is 0 Å². The highest BCUT2D eigenvalue weighted by Gasteiger charge is 2.30. The summed E-state index contributed by atoms with van der Waals surface area (Å²) in [5.41, 5.74) is 0. The zero-order chi connectivity index (χ0) is 12.8. The van der Waals surface area contributed by atoms with Crippen LogP contribution >= 0.6 is 0 Å². The first-order valence-electron chi connectivity index (χ1n) is 7.90. The van der Waals surface area contributed by atoms with E-state index in [4.69, 9.17) is 0 Å². The fourth-order valence-corrected chi connectivity index (χ4v) is 3.46. The van der Waals surface area contributed by atoms with E-state index in [0.29, 0.717) is 12.5 Å². The van der Waals surface area contributed by atoms with Crippen molar-refractivity contribution >= 4 is 0 Å². The second kappa shape index (κ2) is 7.46. The molecule has 0 amide bonds. The van der Waals surface area contributed by atoms with Crippen LogP contribution in [0.1, 0.15) is 45.4 Å². The first-order chi connectivity index (χ1) is 8.83. The molecular formula is C15H30N2O. The number of aliphatic hydroxyl groups excluding tert-OH is 1. The Morgan fingerprint density at radius 3 is 2.72 bits per heavy atom. The van der Waals surface area contributed by atoms with Crippen LogP contribution in [0.2, 0.25) is 0 Å². The maximum atomic E-state index is 9.24. The van der Waals surface area contributed by atoms with Gasteiger partial charge in [-0.2, -0.15) is 0 Å². The SMILES string of the molecule is CCCCCN1CCCC(N2CCC(CO)C2)C1. The molecule has 2 aliphatic heterocycles. The summed E-state index contributed by atoms with van der Waals surface area (Å²) in [5.74, 6) is 0.542. The molecule has 3 heteroatoms. The predicted molar refractivity (Wildman–Crippen MR) is 75.8 cm³/mol. The van der Waals surface area contributed by atoms with Crippen LogP contribution in [0, 0.1) is 5.92 Å². The topological polar surface area (TPSA) is 26.7 Å². The highest BCUT2D eigenvalue weighted by Crippen LogP contribution is 2.23. The summed E-state index contributed by atoms with van der Waals surface area (Å²) in [6.07, 6.45) is 7.98. The molecule has 2 rings (SSSR count).